The fourth-order valence-electron chi connectivity index (χ4n) is 1.83. The first-order chi connectivity index (χ1) is 10.3. The van der Waals surface area contributed by atoms with Gasteiger partial charge in [-0.2, -0.15) is 0 Å². The molecular weight excluding hydrogens is 314 g/mol. The van der Waals surface area contributed by atoms with Crippen LogP contribution in [0, 0.1) is 5.41 Å². The second kappa shape index (κ2) is 8.59. The number of thioether (sulfide) groups is 1. The van der Waals surface area contributed by atoms with Crippen molar-refractivity contribution in [2.45, 2.75) is 38.7 Å². The monoisotopic (exact) mass is 333 g/mol. The summed E-state index contributed by atoms with van der Waals surface area (Å²) in [5.74, 6) is -0.969. The smallest absolute Gasteiger partial charge is 0.322 e. The SMILES string of the molecule is CSC(=N)NC(=O)NC1CC(OC(C)=O)C(COC(C)=O)O1. The Morgan fingerprint density at radius 3 is 2.55 bits per heavy atom. The van der Waals surface area contributed by atoms with Crippen molar-refractivity contribution in [3.63, 3.8) is 0 Å². The average molecular weight is 333 g/mol. The van der Waals surface area contributed by atoms with E-state index in [2.05, 4.69) is 10.6 Å². The molecule has 3 atom stereocenters. The Balaban J connectivity index is 2.55. The Morgan fingerprint density at radius 1 is 1.32 bits per heavy atom. The number of hydrogen-bond acceptors (Lipinski definition) is 8. The molecule has 1 aliphatic heterocycles. The Bertz CT molecular complexity index is 458. The molecule has 1 fully saturated rings. The van der Waals surface area contributed by atoms with Crippen molar-refractivity contribution >= 4 is 34.9 Å². The zero-order chi connectivity index (χ0) is 16.7. The molecule has 1 heterocycles. The van der Waals surface area contributed by atoms with Gasteiger partial charge in [0.15, 0.2) is 5.17 Å². The molecule has 3 N–H and O–H groups in total. The van der Waals surface area contributed by atoms with Crippen molar-refractivity contribution in [2.24, 2.45) is 0 Å². The molecule has 0 saturated carbocycles. The molecule has 0 aromatic rings. The summed E-state index contributed by atoms with van der Waals surface area (Å²) in [6.07, 6.45) is -0.105. The lowest BCUT2D eigenvalue weighted by molar-refractivity contribution is -0.154. The van der Waals surface area contributed by atoms with Gasteiger partial charge in [-0.15, -0.1) is 0 Å². The van der Waals surface area contributed by atoms with E-state index in [0.717, 1.165) is 11.8 Å². The summed E-state index contributed by atoms with van der Waals surface area (Å²) >= 11 is 1.08. The van der Waals surface area contributed by atoms with Gasteiger partial charge in [-0.25, -0.2) is 4.79 Å². The molecule has 1 rings (SSSR count). The maximum Gasteiger partial charge on any atom is 0.322 e. The number of amidine groups is 1. The van der Waals surface area contributed by atoms with Gasteiger partial charge < -0.3 is 19.5 Å². The van der Waals surface area contributed by atoms with Crippen LogP contribution in [-0.2, 0) is 23.8 Å². The lowest BCUT2D eigenvalue weighted by Gasteiger charge is -2.17. The fraction of sp³-hybridized carbons (Fsp3) is 0.667. The number of esters is 2. The third-order valence-electron chi connectivity index (χ3n) is 2.69. The number of urea groups is 1. The Kier molecular flexibility index (Phi) is 7.12. The zero-order valence-electron chi connectivity index (χ0n) is 12.5. The highest BCUT2D eigenvalue weighted by Gasteiger charge is 2.39. The van der Waals surface area contributed by atoms with E-state index in [1.807, 2.05) is 0 Å². The van der Waals surface area contributed by atoms with Gasteiger partial charge in [0.1, 0.15) is 25.0 Å². The van der Waals surface area contributed by atoms with Gasteiger partial charge in [0.2, 0.25) is 0 Å². The molecule has 0 spiro atoms. The molecule has 10 heteroatoms. The largest absolute Gasteiger partial charge is 0.463 e. The average Bonchev–Trinajstić information content (AvgIpc) is 2.76. The molecule has 1 saturated heterocycles. The molecule has 9 nitrogen and oxygen atoms in total. The minimum absolute atomic E-state index is 0.0107. The maximum atomic E-state index is 11.6. The van der Waals surface area contributed by atoms with Gasteiger partial charge in [-0.05, 0) is 6.26 Å². The van der Waals surface area contributed by atoms with E-state index in [-0.39, 0.29) is 18.2 Å². The number of nitrogens with one attached hydrogen (secondary N) is 3. The fourth-order valence-corrected chi connectivity index (χ4v) is 2.02. The highest BCUT2D eigenvalue weighted by Crippen LogP contribution is 2.22. The topological polar surface area (TPSA) is 127 Å². The van der Waals surface area contributed by atoms with Gasteiger partial charge in [0.05, 0.1) is 0 Å². The van der Waals surface area contributed by atoms with Crippen molar-refractivity contribution < 1.29 is 28.6 Å². The Hall–Kier alpha value is -1.81. The normalized spacial score (nSPS) is 23.5. The predicted molar refractivity (Wildman–Crippen MR) is 78.4 cm³/mol. The van der Waals surface area contributed by atoms with Crippen LogP contribution in [0.2, 0.25) is 0 Å². The Labute approximate surface area is 131 Å². The van der Waals surface area contributed by atoms with E-state index in [4.69, 9.17) is 19.6 Å². The lowest BCUT2D eigenvalue weighted by atomic mass is 10.2. The summed E-state index contributed by atoms with van der Waals surface area (Å²) in [4.78, 5) is 33.6. The van der Waals surface area contributed by atoms with Crippen molar-refractivity contribution in [1.29, 1.82) is 5.41 Å². The second-order valence-electron chi connectivity index (χ2n) is 4.48. The van der Waals surface area contributed by atoms with Crippen LogP contribution >= 0.6 is 11.8 Å². The summed E-state index contributed by atoms with van der Waals surface area (Å²) in [6.45, 7) is 2.44. The summed E-state index contributed by atoms with van der Waals surface area (Å²) in [7, 11) is 0. The van der Waals surface area contributed by atoms with Crippen LogP contribution < -0.4 is 10.6 Å². The van der Waals surface area contributed by atoms with Gasteiger partial charge >= 0.3 is 18.0 Å². The van der Waals surface area contributed by atoms with Crippen LogP contribution in [0.5, 0.6) is 0 Å². The van der Waals surface area contributed by atoms with Crippen LogP contribution in [0.1, 0.15) is 20.3 Å². The van der Waals surface area contributed by atoms with Crippen molar-refractivity contribution in [3.05, 3.63) is 0 Å². The molecular formula is C12H19N3O6S. The first-order valence-electron chi connectivity index (χ1n) is 6.48. The van der Waals surface area contributed by atoms with Crippen molar-refractivity contribution in [2.75, 3.05) is 12.9 Å². The van der Waals surface area contributed by atoms with Crippen molar-refractivity contribution in [3.8, 4) is 0 Å². The zero-order valence-corrected chi connectivity index (χ0v) is 13.3. The molecule has 0 aromatic carbocycles. The lowest BCUT2D eigenvalue weighted by Crippen LogP contribution is -2.43. The van der Waals surface area contributed by atoms with E-state index in [1.54, 1.807) is 6.26 Å². The molecule has 2 amide bonds. The maximum absolute atomic E-state index is 11.6. The minimum atomic E-state index is -0.709. The predicted octanol–water partition coefficient (Wildman–Crippen LogP) is 0.193. The minimum Gasteiger partial charge on any atom is -0.463 e. The number of rotatable bonds is 4. The van der Waals surface area contributed by atoms with Crippen LogP contribution in [0.4, 0.5) is 4.79 Å². The van der Waals surface area contributed by atoms with E-state index in [1.165, 1.54) is 13.8 Å². The molecule has 22 heavy (non-hydrogen) atoms. The van der Waals surface area contributed by atoms with Crippen molar-refractivity contribution in [1.82, 2.24) is 10.6 Å². The molecule has 3 unspecified atom stereocenters. The van der Waals surface area contributed by atoms with E-state index in [9.17, 15) is 14.4 Å². The van der Waals surface area contributed by atoms with Crippen LogP contribution in [0.3, 0.4) is 0 Å². The second-order valence-corrected chi connectivity index (χ2v) is 5.30. The highest BCUT2D eigenvalue weighted by molar-refractivity contribution is 8.13. The van der Waals surface area contributed by atoms with E-state index in [0.29, 0.717) is 0 Å². The molecule has 0 aliphatic carbocycles. The molecule has 0 radical (unpaired) electrons. The summed E-state index contributed by atoms with van der Waals surface area (Å²) < 4.78 is 15.5. The summed E-state index contributed by atoms with van der Waals surface area (Å²) in [6, 6.07) is -0.598. The number of amides is 2. The van der Waals surface area contributed by atoms with Gasteiger partial charge in [-0.1, -0.05) is 11.8 Å². The molecule has 0 bridgehead atoms. The molecule has 1 aliphatic rings. The van der Waals surface area contributed by atoms with Crippen LogP contribution in [-0.4, -0.2) is 54.4 Å². The quantitative estimate of drug-likeness (QED) is 0.381. The first-order valence-corrected chi connectivity index (χ1v) is 7.70. The van der Waals surface area contributed by atoms with E-state index >= 15 is 0 Å². The first kappa shape index (κ1) is 18.2. The van der Waals surface area contributed by atoms with Crippen LogP contribution in [0.15, 0.2) is 0 Å². The molecule has 124 valence electrons. The van der Waals surface area contributed by atoms with E-state index < -0.39 is 36.4 Å². The van der Waals surface area contributed by atoms with Gasteiger partial charge in [0.25, 0.3) is 0 Å². The summed E-state index contributed by atoms with van der Waals surface area (Å²) in [5.41, 5.74) is 0. The van der Waals surface area contributed by atoms with Gasteiger partial charge in [-0.3, -0.25) is 20.3 Å². The molecule has 0 aromatic heterocycles. The number of carbonyl (C=O) groups is 3. The van der Waals surface area contributed by atoms with Gasteiger partial charge in [0, 0.05) is 20.3 Å². The number of carbonyl (C=O) groups excluding carboxylic acids is 3. The van der Waals surface area contributed by atoms with Crippen LogP contribution in [0.25, 0.3) is 0 Å². The number of hydrogen-bond donors (Lipinski definition) is 3. The number of ether oxygens (including phenoxy) is 3. The standard InChI is InChI=1S/C12H19N3O6S/c1-6(16)19-5-9-8(20-7(2)17)4-10(21-9)14-12(18)15-11(13)22-3/h8-10H,4-5H2,1-3H3,(H3,13,14,15,18). The highest BCUT2D eigenvalue weighted by atomic mass is 32.2. The Morgan fingerprint density at radius 2 is 2.00 bits per heavy atom. The third kappa shape index (κ3) is 6.31. The third-order valence-corrected chi connectivity index (χ3v) is 3.20. The summed E-state index contributed by atoms with van der Waals surface area (Å²) in [5, 5.41) is 12.1.